The Morgan fingerprint density at radius 1 is 1.04 bits per heavy atom. The maximum atomic E-state index is 12.8. The standard InChI is InChI=1S/C16H17FN2O3S/c1-11-7-12(2)9-14(8-11)19-16(20)10-18-23(21,22)15-5-3-13(17)4-6-15/h3-9,18H,10H2,1-2H3,(H,19,20). The SMILES string of the molecule is Cc1cc(C)cc(NC(=O)CNS(=O)(=O)c2ccc(F)cc2)c1. The Bertz CT molecular complexity index is 797. The molecule has 0 heterocycles. The Hall–Kier alpha value is -2.25. The van der Waals surface area contributed by atoms with Crippen molar-refractivity contribution >= 4 is 21.6 Å². The molecule has 7 heteroatoms. The molecule has 0 aromatic heterocycles. The molecule has 0 unspecified atom stereocenters. The van der Waals surface area contributed by atoms with E-state index >= 15 is 0 Å². The van der Waals surface area contributed by atoms with Gasteiger partial charge in [0.25, 0.3) is 0 Å². The fourth-order valence-corrected chi connectivity index (χ4v) is 3.09. The second-order valence-corrected chi connectivity index (χ2v) is 6.97. The summed E-state index contributed by atoms with van der Waals surface area (Å²) in [6.45, 7) is 3.40. The number of carbonyl (C=O) groups is 1. The average Bonchev–Trinajstić information content (AvgIpc) is 2.44. The first-order chi connectivity index (χ1) is 10.8. The molecule has 0 saturated carbocycles. The van der Waals surface area contributed by atoms with Gasteiger partial charge in [0.15, 0.2) is 0 Å². The van der Waals surface area contributed by atoms with Crippen molar-refractivity contribution < 1.29 is 17.6 Å². The van der Waals surface area contributed by atoms with Crippen molar-refractivity contribution in [3.63, 3.8) is 0 Å². The number of aryl methyl sites for hydroxylation is 2. The minimum absolute atomic E-state index is 0.0990. The van der Waals surface area contributed by atoms with Gasteiger partial charge < -0.3 is 5.32 Å². The molecule has 0 spiro atoms. The van der Waals surface area contributed by atoms with E-state index in [2.05, 4.69) is 10.0 Å². The first-order valence-corrected chi connectivity index (χ1v) is 8.38. The zero-order valence-electron chi connectivity index (χ0n) is 12.8. The molecular weight excluding hydrogens is 319 g/mol. The Labute approximate surface area is 134 Å². The van der Waals surface area contributed by atoms with Crippen LogP contribution in [0.5, 0.6) is 0 Å². The summed E-state index contributed by atoms with van der Waals surface area (Å²) < 4.78 is 39.0. The lowest BCUT2D eigenvalue weighted by molar-refractivity contribution is -0.115. The zero-order valence-corrected chi connectivity index (χ0v) is 13.6. The summed E-state index contributed by atoms with van der Waals surface area (Å²) in [4.78, 5) is 11.8. The minimum Gasteiger partial charge on any atom is -0.325 e. The van der Waals surface area contributed by atoms with Crippen LogP contribution < -0.4 is 10.0 Å². The normalized spacial score (nSPS) is 11.3. The van der Waals surface area contributed by atoms with E-state index in [9.17, 15) is 17.6 Å². The summed E-state index contributed by atoms with van der Waals surface area (Å²) in [5.74, 6) is -1.02. The van der Waals surface area contributed by atoms with Crippen LogP contribution in [0.2, 0.25) is 0 Å². The van der Waals surface area contributed by atoms with E-state index in [0.717, 1.165) is 35.4 Å². The third-order valence-corrected chi connectivity index (χ3v) is 4.47. The number of hydrogen-bond acceptors (Lipinski definition) is 3. The van der Waals surface area contributed by atoms with Gasteiger partial charge in [0.1, 0.15) is 5.82 Å². The van der Waals surface area contributed by atoms with Crippen molar-refractivity contribution in [2.75, 3.05) is 11.9 Å². The van der Waals surface area contributed by atoms with E-state index in [-0.39, 0.29) is 4.90 Å². The maximum absolute atomic E-state index is 12.8. The largest absolute Gasteiger partial charge is 0.325 e. The first kappa shape index (κ1) is 17.1. The second-order valence-electron chi connectivity index (χ2n) is 5.20. The lowest BCUT2D eigenvalue weighted by atomic mass is 10.1. The summed E-state index contributed by atoms with van der Waals surface area (Å²) in [7, 11) is -3.86. The molecule has 2 rings (SSSR count). The highest BCUT2D eigenvalue weighted by atomic mass is 32.2. The van der Waals surface area contributed by atoms with Gasteiger partial charge in [-0.2, -0.15) is 0 Å². The van der Waals surface area contributed by atoms with E-state index in [1.165, 1.54) is 0 Å². The monoisotopic (exact) mass is 336 g/mol. The van der Waals surface area contributed by atoms with Gasteiger partial charge in [-0.1, -0.05) is 6.07 Å². The molecule has 2 aromatic rings. The van der Waals surface area contributed by atoms with E-state index in [4.69, 9.17) is 0 Å². The van der Waals surface area contributed by atoms with Crippen LogP contribution in [0.15, 0.2) is 47.4 Å². The lowest BCUT2D eigenvalue weighted by Crippen LogP contribution is -2.32. The highest BCUT2D eigenvalue weighted by Crippen LogP contribution is 2.14. The highest BCUT2D eigenvalue weighted by molar-refractivity contribution is 7.89. The maximum Gasteiger partial charge on any atom is 0.241 e. The van der Waals surface area contributed by atoms with E-state index < -0.39 is 28.3 Å². The van der Waals surface area contributed by atoms with E-state index in [1.807, 2.05) is 19.9 Å². The molecule has 1 amide bonds. The molecular formula is C16H17FN2O3S. The molecule has 0 bridgehead atoms. The number of anilines is 1. The smallest absolute Gasteiger partial charge is 0.241 e. The van der Waals surface area contributed by atoms with Gasteiger partial charge in [-0.25, -0.2) is 17.5 Å². The number of rotatable bonds is 5. The van der Waals surface area contributed by atoms with Gasteiger partial charge in [0, 0.05) is 5.69 Å². The molecule has 0 fully saturated rings. The van der Waals surface area contributed by atoms with Crippen LogP contribution in [0.1, 0.15) is 11.1 Å². The summed E-state index contributed by atoms with van der Waals surface area (Å²) >= 11 is 0. The van der Waals surface area contributed by atoms with Crippen LogP contribution in [0.3, 0.4) is 0 Å². The minimum atomic E-state index is -3.86. The topological polar surface area (TPSA) is 75.3 Å². The molecule has 0 aliphatic rings. The fraction of sp³-hybridized carbons (Fsp3) is 0.188. The third kappa shape index (κ3) is 4.87. The quantitative estimate of drug-likeness (QED) is 0.880. The van der Waals surface area contributed by atoms with Crippen molar-refractivity contribution in [1.82, 2.24) is 4.72 Å². The van der Waals surface area contributed by atoms with Gasteiger partial charge in [-0.15, -0.1) is 0 Å². The van der Waals surface area contributed by atoms with Crippen molar-refractivity contribution in [2.24, 2.45) is 0 Å². The Balaban J connectivity index is 1.99. The van der Waals surface area contributed by atoms with Gasteiger partial charge in [-0.05, 0) is 61.4 Å². The summed E-state index contributed by atoms with van der Waals surface area (Å²) in [5, 5.41) is 2.63. The molecule has 0 aliphatic heterocycles. The van der Waals surface area contributed by atoms with Gasteiger partial charge in [0.2, 0.25) is 15.9 Å². The summed E-state index contributed by atoms with van der Waals surface area (Å²) in [6.07, 6.45) is 0. The highest BCUT2D eigenvalue weighted by Gasteiger charge is 2.15. The molecule has 0 atom stereocenters. The van der Waals surface area contributed by atoms with Crippen molar-refractivity contribution in [3.05, 3.63) is 59.4 Å². The zero-order chi connectivity index (χ0) is 17.0. The van der Waals surface area contributed by atoms with Crippen LogP contribution >= 0.6 is 0 Å². The number of sulfonamides is 1. The van der Waals surface area contributed by atoms with Gasteiger partial charge >= 0.3 is 0 Å². The number of benzene rings is 2. The third-order valence-electron chi connectivity index (χ3n) is 3.05. The Kier molecular flexibility index (Phi) is 5.12. The summed E-state index contributed by atoms with van der Waals surface area (Å²) in [5.41, 5.74) is 2.59. The molecule has 122 valence electrons. The molecule has 2 N–H and O–H groups in total. The molecule has 5 nitrogen and oxygen atoms in total. The van der Waals surface area contributed by atoms with Crippen LogP contribution in [0, 0.1) is 19.7 Å². The van der Waals surface area contributed by atoms with Crippen LogP contribution in [0.4, 0.5) is 10.1 Å². The molecule has 0 saturated heterocycles. The number of halogens is 1. The van der Waals surface area contributed by atoms with Crippen molar-refractivity contribution in [1.29, 1.82) is 0 Å². The van der Waals surface area contributed by atoms with E-state index in [1.54, 1.807) is 12.1 Å². The summed E-state index contributed by atoms with van der Waals surface area (Å²) in [6, 6.07) is 9.92. The number of hydrogen-bond donors (Lipinski definition) is 2. The molecule has 0 aliphatic carbocycles. The number of carbonyl (C=O) groups excluding carboxylic acids is 1. The lowest BCUT2D eigenvalue weighted by Gasteiger charge is -2.09. The molecule has 23 heavy (non-hydrogen) atoms. The Morgan fingerprint density at radius 3 is 2.17 bits per heavy atom. The predicted molar refractivity (Wildman–Crippen MR) is 86.1 cm³/mol. The number of amides is 1. The predicted octanol–water partition coefficient (Wildman–Crippen LogP) is 2.36. The van der Waals surface area contributed by atoms with Crippen molar-refractivity contribution in [2.45, 2.75) is 18.7 Å². The second kappa shape index (κ2) is 6.89. The van der Waals surface area contributed by atoms with Gasteiger partial charge in [0.05, 0.1) is 11.4 Å². The van der Waals surface area contributed by atoms with E-state index in [0.29, 0.717) is 5.69 Å². The molecule has 2 aromatic carbocycles. The van der Waals surface area contributed by atoms with Crippen molar-refractivity contribution in [3.8, 4) is 0 Å². The van der Waals surface area contributed by atoms with Crippen LogP contribution in [0.25, 0.3) is 0 Å². The molecule has 0 radical (unpaired) electrons. The first-order valence-electron chi connectivity index (χ1n) is 6.90. The van der Waals surface area contributed by atoms with Gasteiger partial charge in [-0.3, -0.25) is 4.79 Å². The average molecular weight is 336 g/mol. The number of nitrogens with one attached hydrogen (secondary N) is 2. The van der Waals surface area contributed by atoms with Crippen LogP contribution in [-0.4, -0.2) is 20.9 Å². The Morgan fingerprint density at radius 2 is 1.61 bits per heavy atom. The fourth-order valence-electron chi connectivity index (χ4n) is 2.11. The van der Waals surface area contributed by atoms with Crippen LogP contribution in [-0.2, 0) is 14.8 Å².